The van der Waals surface area contributed by atoms with Crippen LogP contribution in [-0.2, 0) is 19.3 Å². The molecule has 1 aromatic carbocycles. The Morgan fingerprint density at radius 3 is 2.00 bits per heavy atom. The Labute approximate surface area is 101 Å². The Morgan fingerprint density at radius 1 is 1.06 bits per heavy atom. The van der Waals surface area contributed by atoms with E-state index < -0.39 is 15.7 Å². The van der Waals surface area contributed by atoms with Gasteiger partial charge >= 0.3 is 10.1 Å². The standard InChI is InChI=1S/C11H16O5S/c1-11(2,3)15-16-17(12,13)10-7-5-9(14-4)6-8-10/h5-8H,1-4H3. The van der Waals surface area contributed by atoms with Gasteiger partial charge in [-0.3, -0.25) is 0 Å². The summed E-state index contributed by atoms with van der Waals surface area (Å²) in [5, 5.41) is 0. The second-order valence-electron chi connectivity index (χ2n) is 4.39. The lowest BCUT2D eigenvalue weighted by atomic mass is 10.2. The molecular weight excluding hydrogens is 244 g/mol. The predicted molar refractivity (Wildman–Crippen MR) is 62.1 cm³/mol. The Hall–Kier alpha value is -1.11. The lowest BCUT2D eigenvalue weighted by Crippen LogP contribution is -2.22. The predicted octanol–water partition coefficient (Wildman–Crippen LogP) is 2.13. The van der Waals surface area contributed by atoms with Gasteiger partial charge in [-0.15, -0.1) is 4.33 Å². The van der Waals surface area contributed by atoms with Crippen molar-refractivity contribution in [2.24, 2.45) is 0 Å². The molecule has 0 heterocycles. The first kappa shape index (κ1) is 14.0. The van der Waals surface area contributed by atoms with Crippen molar-refractivity contribution in [2.75, 3.05) is 7.11 Å². The fourth-order valence-corrected chi connectivity index (χ4v) is 1.77. The van der Waals surface area contributed by atoms with Crippen molar-refractivity contribution < 1.29 is 22.4 Å². The van der Waals surface area contributed by atoms with Crippen LogP contribution in [0.25, 0.3) is 0 Å². The van der Waals surface area contributed by atoms with Gasteiger partial charge in [-0.2, -0.15) is 8.42 Å². The molecule has 0 unspecified atom stereocenters. The van der Waals surface area contributed by atoms with Crippen molar-refractivity contribution in [3.8, 4) is 5.75 Å². The van der Waals surface area contributed by atoms with E-state index in [9.17, 15) is 8.42 Å². The number of methoxy groups -OCH3 is 1. The molecule has 5 nitrogen and oxygen atoms in total. The number of hydrogen-bond acceptors (Lipinski definition) is 5. The third-order valence-electron chi connectivity index (χ3n) is 1.72. The van der Waals surface area contributed by atoms with Gasteiger partial charge in [0.05, 0.1) is 17.6 Å². The highest BCUT2D eigenvalue weighted by atomic mass is 32.2. The quantitative estimate of drug-likeness (QED) is 0.613. The highest BCUT2D eigenvalue weighted by molar-refractivity contribution is 7.86. The fraction of sp³-hybridized carbons (Fsp3) is 0.455. The van der Waals surface area contributed by atoms with Crippen LogP contribution in [0.5, 0.6) is 5.75 Å². The first-order valence-electron chi connectivity index (χ1n) is 5.01. The summed E-state index contributed by atoms with van der Waals surface area (Å²) in [6.07, 6.45) is 0. The minimum atomic E-state index is -3.90. The molecule has 0 radical (unpaired) electrons. The van der Waals surface area contributed by atoms with E-state index in [1.54, 1.807) is 20.8 Å². The molecule has 1 aromatic rings. The van der Waals surface area contributed by atoms with Gasteiger partial charge in [0.2, 0.25) is 0 Å². The molecule has 0 amide bonds. The van der Waals surface area contributed by atoms with Crippen LogP contribution in [0.15, 0.2) is 29.2 Å². The average Bonchev–Trinajstić information content (AvgIpc) is 2.26. The van der Waals surface area contributed by atoms with E-state index in [4.69, 9.17) is 9.62 Å². The van der Waals surface area contributed by atoms with Crippen molar-refractivity contribution >= 4 is 10.1 Å². The molecule has 0 N–H and O–H groups in total. The molecule has 0 aliphatic carbocycles. The third kappa shape index (κ3) is 4.33. The van der Waals surface area contributed by atoms with Crippen LogP contribution in [0.3, 0.4) is 0 Å². The molecule has 0 bridgehead atoms. The van der Waals surface area contributed by atoms with Crippen molar-refractivity contribution in [3.63, 3.8) is 0 Å². The maximum Gasteiger partial charge on any atom is 0.323 e. The number of rotatable bonds is 4. The summed E-state index contributed by atoms with van der Waals surface area (Å²) in [5.74, 6) is 0.570. The summed E-state index contributed by atoms with van der Waals surface area (Å²) in [4.78, 5) is 4.80. The minimum absolute atomic E-state index is 0.0163. The highest BCUT2D eigenvalue weighted by Crippen LogP contribution is 2.19. The Balaban J connectivity index is 2.82. The van der Waals surface area contributed by atoms with Gasteiger partial charge in [-0.25, -0.2) is 4.89 Å². The molecule has 0 atom stereocenters. The molecule has 1 rings (SSSR count). The largest absolute Gasteiger partial charge is 0.497 e. The molecule has 0 fully saturated rings. The van der Waals surface area contributed by atoms with Crippen LogP contribution < -0.4 is 4.74 Å². The molecule has 0 aromatic heterocycles. The van der Waals surface area contributed by atoms with E-state index in [0.29, 0.717) is 5.75 Å². The zero-order chi connectivity index (χ0) is 13.1. The molecule has 0 aliphatic heterocycles. The van der Waals surface area contributed by atoms with Crippen molar-refractivity contribution in [3.05, 3.63) is 24.3 Å². The van der Waals surface area contributed by atoms with Gasteiger partial charge in [0.1, 0.15) is 5.75 Å². The first-order chi connectivity index (χ1) is 7.74. The lowest BCUT2D eigenvalue weighted by molar-refractivity contribution is -0.270. The maximum absolute atomic E-state index is 11.7. The van der Waals surface area contributed by atoms with E-state index in [1.807, 2.05) is 0 Å². The summed E-state index contributed by atoms with van der Waals surface area (Å²) in [6, 6.07) is 5.85. The van der Waals surface area contributed by atoms with Crippen molar-refractivity contribution in [2.45, 2.75) is 31.3 Å². The zero-order valence-electron chi connectivity index (χ0n) is 10.3. The van der Waals surface area contributed by atoms with Gasteiger partial charge in [-0.05, 0) is 45.0 Å². The van der Waals surface area contributed by atoms with Crippen LogP contribution in [0.2, 0.25) is 0 Å². The summed E-state index contributed by atoms with van der Waals surface area (Å²) in [6.45, 7) is 5.07. The highest BCUT2D eigenvalue weighted by Gasteiger charge is 2.21. The maximum atomic E-state index is 11.7. The van der Waals surface area contributed by atoms with Gasteiger partial charge < -0.3 is 4.74 Å². The molecular formula is C11H16O5S. The fourth-order valence-electron chi connectivity index (χ4n) is 0.929. The van der Waals surface area contributed by atoms with Crippen LogP contribution >= 0.6 is 0 Å². The Morgan fingerprint density at radius 2 is 1.59 bits per heavy atom. The number of benzene rings is 1. The average molecular weight is 260 g/mol. The first-order valence-corrected chi connectivity index (χ1v) is 6.42. The molecule has 0 spiro atoms. The minimum Gasteiger partial charge on any atom is -0.497 e. The van der Waals surface area contributed by atoms with E-state index in [-0.39, 0.29) is 4.90 Å². The van der Waals surface area contributed by atoms with Gasteiger partial charge in [0.25, 0.3) is 0 Å². The lowest BCUT2D eigenvalue weighted by Gasteiger charge is -2.16. The second kappa shape index (κ2) is 5.03. The van der Waals surface area contributed by atoms with Crippen molar-refractivity contribution in [1.82, 2.24) is 0 Å². The monoisotopic (exact) mass is 260 g/mol. The van der Waals surface area contributed by atoms with E-state index in [1.165, 1.54) is 31.4 Å². The third-order valence-corrected chi connectivity index (χ3v) is 2.82. The summed E-state index contributed by atoms with van der Waals surface area (Å²) in [7, 11) is -2.39. The molecule has 0 aliphatic rings. The van der Waals surface area contributed by atoms with Crippen LogP contribution in [-0.4, -0.2) is 21.1 Å². The molecule has 6 heteroatoms. The summed E-state index contributed by atoms with van der Waals surface area (Å²) >= 11 is 0. The molecule has 17 heavy (non-hydrogen) atoms. The molecule has 0 saturated carbocycles. The van der Waals surface area contributed by atoms with Crippen LogP contribution in [0.4, 0.5) is 0 Å². The number of ether oxygens (including phenoxy) is 1. The topological polar surface area (TPSA) is 61.8 Å². The Bertz CT molecular complexity index is 456. The second-order valence-corrected chi connectivity index (χ2v) is 5.91. The van der Waals surface area contributed by atoms with E-state index in [2.05, 4.69) is 4.33 Å². The molecule has 0 saturated heterocycles. The SMILES string of the molecule is COc1ccc(S(=O)(=O)OOC(C)(C)C)cc1. The smallest absolute Gasteiger partial charge is 0.323 e. The zero-order valence-corrected chi connectivity index (χ0v) is 11.1. The van der Waals surface area contributed by atoms with Crippen LogP contribution in [0.1, 0.15) is 20.8 Å². The van der Waals surface area contributed by atoms with E-state index in [0.717, 1.165) is 0 Å². The van der Waals surface area contributed by atoms with Crippen LogP contribution in [0, 0.1) is 0 Å². The summed E-state index contributed by atoms with van der Waals surface area (Å²) < 4.78 is 32.8. The van der Waals surface area contributed by atoms with Crippen molar-refractivity contribution in [1.29, 1.82) is 0 Å². The van der Waals surface area contributed by atoms with E-state index >= 15 is 0 Å². The normalized spacial score (nSPS) is 12.5. The summed E-state index contributed by atoms with van der Waals surface area (Å²) in [5.41, 5.74) is -0.695. The number of hydrogen-bond donors (Lipinski definition) is 0. The van der Waals surface area contributed by atoms with Gasteiger partial charge in [0.15, 0.2) is 0 Å². The Kier molecular flexibility index (Phi) is 4.13. The molecule has 96 valence electrons. The van der Waals surface area contributed by atoms with Gasteiger partial charge in [0, 0.05) is 0 Å². The van der Waals surface area contributed by atoms with Gasteiger partial charge in [-0.1, -0.05) is 0 Å².